The van der Waals surface area contributed by atoms with Crippen LogP contribution in [0.15, 0.2) is 46.3 Å². The fourth-order valence-corrected chi connectivity index (χ4v) is 6.22. The lowest BCUT2D eigenvalue weighted by atomic mass is 9.66. The van der Waals surface area contributed by atoms with E-state index in [0.29, 0.717) is 5.92 Å². The smallest absolute Gasteiger partial charge is 0.146 e. The molecule has 2 fully saturated rings. The maximum Gasteiger partial charge on any atom is 0.146 e. The molecule has 1 unspecified atom stereocenters. The molecule has 0 aromatic rings. The zero-order valence-electron chi connectivity index (χ0n) is 17.9. The van der Waals surface area contributed by atoms with E-state index in [0.717, 1.165) is 49.7 Å². The van der Waals surface area contributed by atoms with Crippen molar-refractivity contribution >= 4 is 6.29 Å². The number of hydrogen-bond donors (Lipinski definition) is 1. The van der Waals surface area contributed by atoms with E-state index in [2.05, 4.69) is 45.9 Å². The number of carbonyl (C=O) groups is 1. The molecule has 3 aliphatic carbocycles. The monoisotopic (exact) mass is 382 g/mol. The van der Waals surface area contributed by atoms with Crippen LogP contribution in [0, 0.1) is 23.2 Å². The second-order valence-corrected chi connectivity index (χ2v) is 10.2. The average Bonchev–Trinajstić information content (AvgIpc) is 3.01. The van der Waals surface area contributed by atoms with Gasteiger partial charge in [-0.2, -0.15) is 0 Å². The summed E-state index contributed by atoms with van der Waals surface area (Å²) in [5, 5.41) is 11.1. The minimum absolute atomic E-state index is 0.103. The molecule has 0 spiro atoms. The Bertz CT molecular complexity index is 806. The van der Waals surface area contributed by atoms with Gasteiger partial charge in [-0.25, -0.2) is 0 Å². The van der Waals surface area contributed by atoms with Gasteiger partial charge in [-0.05, 0) is 99.5 Å². The number of aldehydes is 1. The molecule has 1 heterocycles. The van der Waals surface area contributed by atoms with Crippen LogP contribution < -0.4 is 0 Å². The third-order valence-electron chi connectivity index (χ3n) is 7.60. The molecule has 1 saturated heterocycles. The van der Waals surface area contributed by atoms with Crippen LogP contribution in [0.25, 0.3) is 0 Å². The van der Waals surface area contributed by atoms with Crippen LogP contribution in [0.1, 0.15) is 66.7 Å². The summed E-state index contributed by atoms with van der Waals surface area (Å²) in [5.41, 5.74) is 4.09. The van der Waals surface area contributed by atoms with Gasteiger partial charge in [0, 0.05) is 5.41 Å². The fraction of sp³-hybridized carbons (Fsp3) is 0.640. The Morgan fingerprint density at radius 1 is 1.32 bits per heavy atom. The third kappa shape index (κ3) is 3.12. The minimum Gasteiger partial charge on any atom is -0.486 e. The van der Waals surface area contributed by atoms with Crippen molar-refractivity contribution in [1.29, 1.82) is 0 Å². The number of hydrogen-bond acceptors (Lipinski definition) is 3. The van der Waals surface area contributed by atoms with Gasteiger partial charge < -0.3 is 9.84 Å². The molecule has 0 aromatic carbocycles. The molecule has 28 heavy (non-hydrogen) atoms. The van der Waals surface area contributed by atoms with Crippen LogP contribution in [-0.2, 0) is 9.53 Å². The van der Waals surface area contributed by atoms with Crippen molar-refractivity contribution in [2.24, 2.45) is 23.2 Å². The second kappa shape index (κ2) is 6.73. The number of rotatable bonds is 2. The van der Waals surface area contributed by atoms with Gasteiger partial charge in [0.2, 0.25) is 0 Å². The summed E-state index contributed by atoms with van der Waals surface area (Å²) < 4.78 is 6.42. The summed E-state index contributed by atoms with van der Waals surface area (Å²) in [7, 11) is 0. The van der Waals surface area contributed by atoms with Crippen molar-refractivity contribution in [3.05, 3.63) is 46.3 Å². The Morgan fingerprint density at radius 2 is 2.07 bits per heavy atom. The van der Waals surface area contributed by atoms with Crippen LogP contribution >= 0.6 is 0 Å². The molecule has 3 heteroatoms. The summed E-state index contributed by atoms with van der Waals surface area (Å²) in [6, 6.07) is 0. The Morgan fingerprint density at radius 3 is 2.75 bits per heavy atom. The van der Waals surface area contributed by atoms with Crippen LogP contribution in [0.5, 0.6) is 0 Å². The molecule has 3 nitrogen and oxygen atoms in total. The lowest BCUT2D eigenvalue weighted by Gasteiger charge is -2.39. The van der Waals surface area contributed by atoms with Crippen LogP contribution in [0.2, 0.25) is 0 Å². The number of ether oxygens (including phenoxy) is 1. The van der Waals surface area contributed by atoms with E-state index in [1.807, 2.05) is 6.92 Å². The van der Waals surface area contributed by atoms with Crippen LogP contribution in [0.3, 0.4) is 0 Å². The van der Waals surface area contributed by atoms with Crippen molar-refractivity contribution in [2.45, 2.75) is 78.4 Å². The summed E-state index contributed by atoms with van der Waals surface area (Å²) in [4.78, 5) is 11.8. The summed E-state index contributed by atoms with van der Waals surface area (Å²) in [5.74, 6) is 1.75. The van der Waals surface area contributed by atoms with E-state index < -0.39 is 5.60 Å². The Balaban J connectivity index is 1.78. The fourth-order valence-electron chi connectivity index (χ4n) is 6.22. The molecule has 0 bridgehead atoms. The Labute approximate surface area is 169 Å². The first-order valence-corrected chi connectivity index (χ1v) is 10.8. The van der Waals surface area contributed by atoms with E-state index in [9.17, 15) is 9.90 Å². The second-order valence-electron chi connectivity index (χ2n) is 10.2. The molecule has 4 rings (SSSR count). The van der Waals surface area contributed by atoms with Crippen molar-refractivity contribution in [1.82, 2.24) is 0 Å². The first-order valence-electron chi connectivity index (χ1n) is 10.8. The Hall–Kier alpha value is -1.61. The molecule has 6 atom stereocenters. The highest BCUT2D eigenvalue weighted by molar-refractivity contribution is 5.74. The maximum atomic E-state index is 11.8. The topological polar surface area (TPSA) is 46.5 Å². The highest BCUT2D eigenvalue weighted by Crippen LogP contribution is 2.57. The molecule has 1 saturated carbocycles. The van der Waals surface area contributed by atoms with Gasteiger partial charge in [0.05, 0.1) is 5.60 Å². The van der Waals surface area contributed by atoms with Crippen LogP contribution in [0.4, 0.5) is 0 Å². The molecular weight excluding hydrogens is 348 g/mol. The molecule has 0 aromatic heterocycles. The van der Waals surface area contributed by atoms with E-state index in [1.54, 1.807) is 0 Å². The molecule has 1 N–H and O–H groups in total. The predicted molar refractivity (Wildman–Crippen MR) is 112 cm³/mol. The van der Waals surface area contributed by atoms with E-state index in [4.69, 9.17) is 4.74 Å². The largest absolute Gasteiger partial charge is 0.486 e. The Kier molecular flexibility index (Phi) is 4.73. The summed E-state index contributed by atoms with van der Waals surface area (Å²) in [6.07, 6.45) is 12.2. The van der Waals surface area contributed by atoms with Gasteiger partial charge in [0.15, 0.2) is 0 Å². The SMILES string of the molecule is CC(C)=CC1C[C@H](C)C2=C3CC=C(C=O)[C@H]4CC[C@@](C)(O)[C@H]4C[C@@]3(C)C=C2O1. The zero-order valence-corrected chi connectivity index (χ0v) is 17.9. The first-order chi connectivity index (χ1) is 13.1. The van der Waals surface area contributed by atoms with Crippen LogP contribution in [-0.4, -0.2) is 23.1 Å². The zero-order chi connectivity index (χ0) is 20.3. The van der Waals surface area contributed by atoms with Crippen molar-refractivity contribution in [3.8, 4) is 0 Å². The van der Waals surface area contributed by atoms with Crippen molar-refractivity contribution < 1.29 is 14.6 Å². The molecular formula is C25H34O3. The van der Waals surface area contributed by atoms with Crippen molar-refractivity contribution in [2.75, 3.05) is 0 Å². The number of allylic oxidation sites excluding steroid dienone is 6. The van der Waals surface area contributed by atoms with Gasteiger partial charge in [-0.3, -0.25) is 4.79 Å². The highest BCUT2D eigenvalue weighted by Gasteiger charge is 2.51. The average molecular weight is 383 g/mol. The quantitative estimate of drug-likeness (QED) is 0.522. The predicted octanol–water partition coefficient (Wildman–Crippen LogP) is 5.27. The van der Waals surface area contributed by atoms with Gasteiger partial charge >= 0.3 is 0 Å². The van der Waals surface area contributed by atoms with Gasteiger partial charge in [-0.15, -0.1) is 0 Å². The van der Waals surface area contributed by atoms with Gasteiger partial charge in [0.25, 0.3) is 0 Å². The third-order valence-corrected chi connectivity index (χ3v) is 7.60. The molecule has 4 aliphatic rings. The number of fused-ring (bicyclic) bond motifs is 3. The van der Waals surface area contributed by atoms with Gasteiger partial charge in [-0.1, -0.05) is 25.5 Å². The molecule has 1 aliphatic heterocycles. The van der Waals surface area contributed by atoms with Gasteiger partial charge in [0.1, 0.15) is 18.1 Å². The first kappa shape index (κ1) is 19.7. The number of aliphatic hydroxyl groups is 1. The number of carbonyl (C=O) groups excluding carboxylic acids is 1. The normalized spacial score (nSPS) is 42.2. The standard InChI is InChI=1S/C25H34O3/c1-15(2)10-18-11-16(3)23-20-7-6-17(14-26)19-8-9-25(5,27)21(19)12-24(20,4)13-22(23)28-18/h6,10,13-14,16,18-19,21,27H,7-9,11-12H2,1-5H3/t16-,18?,19+,21-,24-,25+/m0/s1. The molecule has 0 amide bonds. The lowest BCUT2D eigenvalue weighted by molar-refractivity contribution is -0.105. The highest BCUT2D eigenvalue weighted by atomic mass is 16.5. The summed E-state index contributed by atoms with van der Waals surface area (Å²) in [6.45, 7) is 10.8. The lowest BCUT2D eigenvalue weighted by Crippen LogP contribution is -2.37. The molecule has 0 radical (unpaired) electrons. The van der Waals surface area contributed by atoms with E-state index >= 15 is 0 Å². The minimum atomic E-state index is -0.716. The van der Waals surface area contributed by atoms with E-state index in [1.165, 1.54) is 16.7 Å². The molecule has 152 valence electrons. The summed E-state index contributed by atoms with van der Waals surface area (Å²) >= 11 is 0. The van der Waals surface area contributed by atoms with Crippen molar-refractivity contribution in [3.63, 3.8) is 0 Å². The maximum absolute atomic E-state index is 11.8. The van der Waals surface area contributed by atoms with E-state index in [-0.39, 0.29) is 23.4 Å².